The Balaban J connectivity index is 2.04. The van der Waals surface area contributed by atoms with Crippen LogP contribution in [0.5, 0.6) is 11.5 Å². The molecule has 1 aromatic carbocycles. The largest absolute Gasteiger partial charge is 0.495 e. The van der Waals surface area contributed by atoms with Crippen molar-refractivity contribution in [3.05, 3.63) is 17.2 Å². The molecule has 1 heterocycles. The molecule has 0 atom stereocenters. The maximum atomic E-state index is 12.0. The van der Waals surface area contributed by atoms with Crippen molar-refractivity contribution in [1.29, 1.82) is 0 Å². The van der Waals surface area contributed by atoms with Crippen LogP contribution in [0.25, 0.3) is 0 Å². The zero-order chi connectivity index (χ0) is 14.5. The van der Waals surface area contributed by atoms with Gasteiger partial charge in [0.05, 0.1) is 31.5 Å². The van der Waals surface area contributed by atoms with Crippen LogP contribution in [0.3, 0.4) is 0 Å². The number of carbonyl (C=O) groups is 1. The smallest absolute Gasteiger partial charge is 0.241 e. The zero-order valence-electron chi connectivity index (χ0n) is 11.7. The predicted octanol–water partition coefficient (Wildman–Crippen LogP) is 2.39. The van der Waals surface area contributed by atoms with Gasteiger partial charge in [-0.3, -0.25) is 4.79 Å². The van der Waals surface area contributed by atoms with Crippen molar-refractivity contribution in [2.75, 3.05) is 39.2 Å². The molecule has 1 saturated heterocycles. The van der Waals surface area contributed by atoms with Gasteiger partial charge in [-0.25, -0.2) is 0 Å². The number of halogens is 1. The van der Waals surface area contributed by atoms with Gasteiger partial charge in [0, 0.05) is 19.2 Å². The molecule has 1 N–H and O–H groups in total. The van der Waals surface area contributed by atoms with Crippen LogP contribution in [-0.2, 0) is 4.79 Å². The highest BCUT2D eigenvalue weighted by Gasteiger charge is 2.18. The molecule has 2 rings (SSSR count). The number of amides is 1. The third-order valence-corrected chi connectivity index (χ3v) is 3.66. The molecule has 0 bridgehead atoms. The molecule has 0 spiro atoms. The summed E-state index contributed by atoms with van der Waals surface area (Å²) in [5, 5.41) is 3.55. The van der Waals surface area contributed by atoms with E-state index in [-0.39, 0.29) is 12.5 Å². The average molecular weight is 299 g/mol. The minimum atomic E-state index is 0.0940. The first kappa shape index (κ1) is 14.8. The van der Waals surface area contributed by atoms with Crippen LogP contribution in [0.2, 0.25) is 5.02 Å². The van der Waals surface area contributed by atoms with Gasteiger partial charge in [0.2, 0.25) is 5.91 Å². The monoisotopic (exact) mass is 298 g/mol. The lowest BCUT2D eigenvalue weighted by Crippen LogP contribution is -2.33. The molecule has 1 aromatic rings. The summed E-state index contributed by atoms with van der Waals surface area (Å²) in [5.74, 6) is 1.23. The molecule has 5 nitrogen and oxygen atoms in total. The van der Waals surface area contributed by atoms with Crippen molar-refractivity contribution in [3.8, 4) is 11.5 Å². The van der Waals surface area contributed by atoms with Gasteiger partial charge in [-0.2, -0.15) is 0 Å². The van der Waals surface area contributed by atoms with E-state index >= 15 is 0 Å². The first-order valence-electron chi connectivity index (χ1n) is 6.59. The van der Waals surface area contributed by atoms with E-state index in [1.54, 1.807) is 26.4 Å². The van der Waals surface area contributed by atoms with E-state index in [1.165, 1.54) is 0 Å². The summed E-state index contributed by atoms with van der Waals surface area (Å²) in [7, 11) is 3.11. The maximum absolute atomic E-state index is 12.0. The number of methoxy groups -OCH3 is 2. The highest BCUT2D eigenvalue weighted by molar-refractivity contribution is 6.32. The standard InChI is InChI=1S/C14H19ClN2O3/c1-19-12-8-13(20-2)11(7-10(12)15)16-9-14(18)17-5-3-4-6-17/h7-8,16H,3-6,9H2,1-2H3. The summed E-state index contributed by atoms with van der Waals surface area (Å²) in [6, 6.07) is 3.40. The second kappa shape index (κ2) is 6.70. The molecule has 1 amide bonds. The van der Waals surface area contributed by atoms with Gasteiger partial charge >= 0.3 is 0 Å². The molecule has 6 heteroatoms. The third kappa shape index (κ3) is 3.28. The average Bonchev–Trinajstić information content (AvgIpc) is 2.99. The molecule has 20 heavy (non-hydrogen) atoms. The van der Waals surface area contributed by atoms with Crippen molar-refractivity contribution in [2.24, 2.45) is 0 Å². The maximum Gasteiger partial charge on any atom is 0.241 e. The Bertz CT molecular complexity index is 488. The molecule has 1 aliphatic heterocycles. The molecule has 0 unspecified atom stereocenters. The first-order chi connectivity index (χ1) is 9.65. The lowest BCUT2D eigenvalue weighted by atomic mass is 10.2. The summed E-state index contributed by atoms with van der Waals surface area (Å²) < 4.78 is 10.4. The van der Waals surface area contributed by atoms with Crippen LogP contribution in [0.4, 0.5) is 5.69 Å². The lowest BCUT2D eigenvalue weighted by Gasteiger charge is -2.17. The number of benzene rings is 1. The topological polar surface area (TPSA) is 50.8 Å². The Kier molecular flexibility index (Phi) is 4.95. The molecule has 0 aromatic heterocycles. The third-order valence-electron chi connectivity index (χ3n) is 3.36. The van der Waals surface area contributed by atoms with E-state index in [0.29, 0.717) is 22.2 Å². The molecular weight excluding hydrogens is 280 g/mol. The predicted molar refractivity (Wildman–Crippen MR) is 78.9 cm³/mol. The molecule has 0 aliphatic carbocycles. The van der Waals surface area contributed by atoms with Gasteiger partial charge < -0.3 is 19.7 Å². The molecular formula is C14H19ClN2O3. The molecule has 0 radical (unpaired) electrons. The Labute approximate surface area is 123 Å². The second-order valence-corrected chi connectivity index (χ2v) is 5.04. The summed E-state index contributed by atoms with van der Waals surface area (Å²) in [6.07, 6.45) is 2.17. The van der Waals surface area contributed by atoms with Gasteiger partial charge in [0.25, 0.3) is 0 Å². The molecule has 0 saturated carbocycles. The fraction of sp³-hybridized carbons (Fsp3) is 0.500. The van der Waals surface area contributed by atoms with Gasteiger partial charge in [-0.15, -0.1) is 0 Å². The van der Waals surface area contributed by atoms with Crippen LogP contribution in [0.15, 0.2) is 12.1 Å². The van der Waals surface area contributed by atoms with E-state index in [1.807, 2.05) is 4.90 Å². The number of hydrogen-bond donors (Lipinski definition) is 1. The number of ether oxygens (including phenoxy) is 2. The second-order valence-electron chi connectivity index (χ2n) is 4.63. The normalized spacial score (nSPS) is 14.2. The Morgan fingerprint density at radius 3 is 2.50 bits per heavy atom. The zero-order valence-corrected chi connectivity index (χ0v) is 12.5. The van der Waals surface area contributed by atoms with Crippen LogP contribution >= 0.6 is 11.6 Å². The van der Waals surface area contributed by atoms with Crippen molar-refractivity contribution in [2.45, 2.75) is 12.8 Å². The van der Waals surface area contributed by atoms with E-state index in [9.17, 15) is 4.79 Å². The van der Waals surface area contributed by atoms with Crippen molar-refractivity contribution in [1.82, 2.24) is 4.90 Å². The lowest BCUT2D eigenvalue weighted by molar-refractivity contribution is -0.128. The first-order valence-corrected chi connectivity index (χ1v) is 6.96. The number of nitrogens with zero attached hydrogens (tertiary/aromatic N) is 1. The van der Waals surface area contributed by atoms with Crippen LogP contribution in [-0.4, -0.2) is 44.7 Å². The highest BCUT2D eigenvalue weighted by atomic mass is 35.5. The van der Waals surface area contributed by atoms with Gasteiger partial charge in [0.1, 0.15) is 11.5 Å². The molecule has 110 valence electrons. The Morgan fingerprint density at radius 1 is 1.25 bits per heavy atom. The number of nitrogens with one attached hydrogen (secondary N) is 1. The number of rotatable bonds is 5. The number of likely N-dealkylation sites (tertiary alicyclic amines) is 1. The van der Waals surface area contributed by atoms with Crippen LogP contribution in [0.1, 0.15) is 12.8 Å². The quantitative estimate of drug-likeness (QED) is 0.907. The molecule has 1 aliphatic rings. The fourth-order valence-electron chi connectivity index (χ4n) is 2.25. The van der Waals surface area contributed by atoms with Crippen molar-refractivity contribution < 1.29 is 14.3 Å². The summed E-state index contributed by atoms with van der Waals surface area (Å²) >= 11 is 6.08. The minimum absolute atomic E-state index is 0.0940. The minimum Gasteiger partial charge on any atom is -0.495 e. The Morgan fingerprint density at radius 2 is 1.90 bits per heavy atom. The van der Waals surface area contributed by atoms with Crippen LogP contribution < -0.4 is 14.8 Å². The number of anilines is 1. The molecule has 1 fully saturated rings. The SMILES string of the molecule is COc1cc(OC)c(NCC(=O)N2CCCC2)cc1Cl. The summed E-state index contributed by atoms with van der Waals surface area (Å²) in [6.45, 7) is 1.93. The highest BCUT2D eigenvalue weighted by Crippen LogP contribution is 2.35. The van der Waals surface area contributed by atoms with Crippen molar-refractivity contribution >= 4 is 23.2 Å². The Hall–Kier alpha value is -1.62. The summed E-state index contributed by atoms with van der Waals surface area (Å²) in [4.78, 5) is 13.9. The fourth-order valence-corrected chi connectivity index (χ4v) is 2.49. The number of carbonyl (C=O) groups excluding carboxylic acids is 1. The van der Waals surface area contributed by atoms with E-state index in [4.69, 9.17) is 21.1 Å². The van der Waals surface area contributed by atoms with E-state index in [2.05, 4.69) is 5.32 Å². The van der Waals surface area contributed by atoms with Gasteiger partial charge in [0.15, 0.2) is 0 Å². The van der Waals surface area contributed by atoms with Gasteiger partial charge in [-0.1, -0.05) is 11.6 Å². The summed E-state index contributed by atoms with van der Waals surface area (Å²) in [5.41, 5.74) is 0.686. The number of hydrogen-bond acceptors (Lipinski definition) is 4. The van der Waals surface area contributed by atoms with Crippen molar-refractivity contribution in [3.63, 3.8) is 0 Å². The van der Waals surface area contributed by atoms with Gasteiger partial charge in [-0.05, 0) is 18.9 Å². The van der Waals surface area contributed by atoms with Crippen LogP contribution in [0, 0.1) is 0 Å². The van der Waals surface area contributed by atoms with E-state index < -0.39 is 0 Å². The van der Waals surface area contributed by atoms with E-state index in [0.717, 1.165) is 25.9 Å².